The van der Waals surface area contributed by atoms with Gasteiger partial charge >= 0.3 is 0 Å². The van der Waals surface area contributed by atoms with E-state index in [2.05, 4.69) is 20.1 Å². The molecule has 0 amide bonds. The van der Waals surface area contributed by atoms with Crippen LogP contribution in [0.3, 0.4) is 0 Å². The van der Waals surface area contributed by atoms with E-state index < -0.39 is 0 Å². The second-order valence-electron chi connectivity index (χ2n) is 5.41. The molecule has 4 nitrogen and oxygen atoms in total. The number of hydrogen-bond donors (Lipinski definition) is 0. The molecule has 1 aromatic heterocycles. The standard InChI is InChI=1S/C18H18N4/c1-13-6-11-17-16(5-4-12-19-17)18(13)21-20-14-7-9-15(10-8-14)22(2)3/h4-12H,1-3H3. The van der Waals surface area contributed by atoms with Crippen LogP contribution in [0.1, 0.15) is 5.56 Å². The van der Waals surface area contributed by atoms with Crippen molar-refractivity contribution in [2.45, 2.75) is 6.92 Å². The molecule has 0 aliphatic heterocycles. The van der Waals surface area contributed by atoms with E-state index in [1.54, 1.807) is 6.20 Å². The molecule has 0 N–H and O–H groups in total. The Hall–Kier alpha value is -2.75. The second-order valence-corrected chi connectivity index (χ2v) is 5.41. The minimum absolute atomic E-state index is 0.839. The quantitative estimate of drug-likeness (QED) is 0.635. The minimum atomic E-state index is 0.839. The summed E-state index contributed by atoms with van der Waals surface area (Å²) >= 11 is 0. The SMILES string of the molecule is Cc1ccc2ncccc2c1N=Nc1ccc(N(C)C)cc1. The van der Waals surface area contributed by atoms with Crippen molar-refractivity contribution in [3.05, 3.63) is 60.3 Å². The van der Waals surface area contributed by atoms with Gasteiger partial charge in [-0.05, 0) is 55.0 Å². The molecule has 110 valence electrons. The van der Waals surface area contributed by atoms with Gasteiger partial charge in [0.15, 0.2) is 0 Å². The molecule has 0 radical (unpaired) electrons. The van der Waals surface area contributed by atoms with Gasteiger partial charge in [0.05, 0.1) is 16.9 Å². The van der Waals surface area contributed by atoms with Gasteiger partial charge in [0.1, 0.15) is 0 Å². The molecule has 0 saturated heterocycles. The summed E-state index contributed by atoms with van der Waals surface area (Å²) in [6, 6.07) is 16.0. The zero-order valence-electron chi connectivity index (χ0n) is 13.0. The van der Waals surface area contributed by atoms with Gasteiger partial charge in [-0.3, -0.25) is 4.98 Å². The van der Waals surface area contributed by atoms with Crippen LogP contribution in [0, 0.1) is 6.92 Å². The van der Waals surface area contributed by atoms with Crippen molar-refractivity contribution in [1.82, 2.24) is 4.98 Å². The average molecular weight is 290 g/mol. The van der Waals surface area contributed by atoms with Gasteiger partial charge in [0.25, 0.3) is 0 Å². The lowest BCUT2D eigenvalue weighted by Gasteiger charge is -2.11. The number of azo groups is 1. The van der Waals surface area contributed by atoms with Crippen molar-refractivity contribution in [2.24, 2.45) is 10.2 Å². The van der Waals surface area contributed by atoms with Crippen LogP contribution < -0.4 is 4.90 Å². The summed E-state index contributed by atoms with van der Waals surface area (Å²) in [5, 5.41) is 9.84. The van der Waals surface area contributed by atoms with Crippen molar-refractivity contribution < 1.29 is 0 Å². The van der Waals surface area contributed by atoms with Crippen molar-refractivity contribution in [2.75, 3.05) is 19.0 Å². The summed E-state index contributed by atoms with van der Waals surface area (Å²) in [7, 11) is 4.03. The third-order valence-electron chi connectivity index (χ3n) is 3.59. The van der Waals surface area contributed by atoms with E-state index in [9.17, 15) is 0 Å². The lowest BCUT2D eigenvalue weighted by atomic mass is 10.1. The number of aromatic nitrogens is 1. The summed E-state index contributed by atoms with van der Waals surface area (Å²) in [6.45, 7) is 2.04. The van der Waals surface area contributed by atoms with Crippen LogP contribution in [0.15, 0.2) is 65.0 Å². The number of hydrogen-bond acceptors (Lipinski definition) is 4. The number of aryl methyl sites for hydroxylation is 1. The lowest BCUT2D eigenvalue weighted by molar-refractivity contribution is 1.13. The predicted octanol–water partition coefficient (Wildman–Crippen LogP) is 5.02. The first-order chi connectivity index (χ1) is 10.6. The number of anilines is 1. The largest absolute Gasteiger partial charge is 0.378 e. The fourth-order valence-electron chi connectivity index (χ4n) is 2.30. The highest BCUT2D eigenvalue weighted by atomic mass is 15.1. The van der Waals surface area contributed by atoms with E-state index in [1.807, 2.05) is 69.6 Å². The summed E-state index contributed by atoms with van der Waals surface area (Å²) in [5.41, 5.74) is 4.89. The third kappa shape index (κ3) is 2.81. The maximum atomic E-state index is 4.45. The molecule has 1 heterocycles. The smallest absolute Gasteiger partial charge is 0.0980 e. The fraction of sp³-hybridized carbons (Fsp3) is 0.167. The number of fused-ring (bicyclic) bond motifs is 1. The van der Waals surface area contributed by atoms with Crippen LogP contribution in [-0.4, -0.2) is 19.1 Å². The maximum Gasteiger partial charge on any atom is 0.0980 e. The normalized spacial score (nSPS) is 11.2. The van der Waals surface area contributed by atoms with Gasteiger partial charge in [-0.25, -0.2) is 0 Å². The van der Waals surface area contributed by atoms with Crippen LogP contribution in [0.4, 0.5) is 17.1 Å². The van der Waals surface area contributed by atoms with Crippen molar-refractivity contribution in [3.63, 3.8) is 0 Å². The van der Waals surface area contributed by atoms with Crippen LogP contribution >= 0.6 is 0 Å². The Labute approximate surface area is 130 Å². The molecule has 0 atom stereocenters. The fourth-order valence-corrected chi connectivity index (χ4v) is 2.30. The molecule has 3 aromatic rings. The molecule has 0 aliphatic carbocycles. The topological polar surface area (TPSA) is 40.9 Å². The summed E-state index contributed by atoms with van der Waals surface area (Å²) in [4.78, 5) is 6.42. The Bertz CT molecular complexity index is 820. The molecule has 2 aromatic carbocycles. The first kappa shape index (κ1) is 14.2. The highest BCUT2D eigenvalue weighted by Gasteiger charge is 2.04. The third-order valence-corrected chi connectivity index (χ3v) is 3.59. The van der Waals surface area contributed by atoms with Crippen molar-refractivity contribution >= 4 is 28.0 Å². The highest BCUT2D eigenvalue weighted by molar-refractivity contribution is 5.91. The maximum absolute atomic E-state index is 4.45. The Balaban J connectivity index is 1.97. The Kier molecular flexibility index (Phi) is 3.83. The molecule has 0 spiro atoms. The van der Waals surface area contributed by atoms with Crippen LogP contribution in [0.2, 0.25) is 0 Å². The van der Waals surface area contributed by atoms with E-state index in [-0.39, 0.29) is 0 Å². The van der Waals surface area contributed by atoms with Gasteiger partial charge < -0.3 is 4.90 Å². The molecular formula is C18H18N4. The number of nitrogens with zero attached hydrogens (tertiary/aromatic N) is 4. The minimum Gasteiger partial charge on any atom is -0.378 e. The van der Waals surface area contributed by atoms with Gasteiger partial charge in [-0.2, -0.15) is 5.11 Å². The van der Waals surface area contributed by atoms with E-state index in [1.165, 1.54) is 0 Å². The van der Waals surface area contributed by atoms with Crippen LogP contribution in [0.25, 0.3) is 10.9 Å². The Morgan fingerprint density at radius 2 is 1.68 bits per heavy atom. The monoisotopic (exact) mass is 290 g/mol. The average Bonchev–Trinajstić information content (AvgIpc) is 2.54. The molecule has 0 unspecified atom stereocenters. The zero-order chi connectivity index (χ0) is 15.5. The molecule has 3 rings (SSSR count). The van der Waals surface area contributed by atoms with Crippen molar-refractivity contribution in [3.8, 4) is 0 Å². The van der Waals surface area contributed by atoms with E-state index >= 15 is 0 Å². The lowest BCUT2D eigenvalue weighted by Crippen LogP contribution is -2.07. The first-order valence-electron chi connectivity index (χ1n) is 7.18. The Morgan fingerprint density at radius 3 is 2.41 bits per heavy atom. The first-order valence-corrected chi connectivity index (χ1v) is 7.18. The zero-order valence-corrected chi connectivity index (χ0v) is 13.0. The highest BCUT2D eigenvalue weighted by Crippen LogP contribution is 2.30. The predicted molar refractivity (Wildman–Crippen MR) is 91.4 cm³/mol. The van der Waals surface area contributed by atoms with Gasteiger partial charge in [-0.15, -0.1) is 5.11 Å². The number of benzene rings is 2. The molecule has 4 heteroatoms. The number of pyridine rings is 1. The second kappa shape index (κ2) is 5.93. The molecule has 0 bridgehead atoms. The number of rotatable bonds is 3. The summed E-state index contributed by atoms with van der Waals surface area (Å²) < 4.78 is 0. The molecule has 0 aliphatic rings. The van der Waals surface area contributed by atoms with Crippen molar-refractivity contribution in [1.29, 1.82) is 0 Å². The van der Waals surface area contributed by atoms with E-state index in [0.29, 0.717) is 0 Å². The van der Waals surface area contributed by atoms with E-state index in [4.69, 9.17) is 0 Å². The molecule has 22 heavy (non-hydrogen) atoms. The van der Waals surface area contributed by atoms with Crippen LogP contribution in [0.5, 0.6) is 0 Å². The molecular weight excluding hydrogens is 272 g/mol. The van der Waals surface area contributed by atoms with Gasteiger partial charge in [-0.1, -0.05) is 6.07 Å². The van der Waals surface area contributed by atoms with Gasteiger partial charge in [0, 0.05) is 31.4 Å². The molecule has 0 saturated carbocycles. The molecule has 0 fully saturated rings. The van der Waals surface area contributed by atoms with Crippen LogP contribution in [-0.2, 0) is 0 Å². The Morgan fingerprint density at radius 1 is 0.909 bits per heavy atom. The summed E-state index contributed by atoms with van der Waals surface area (Å²) in [6.07, 6.45) is 1.79. The van der Waals surface area contributed by atoms with Gasteiger partial charge in [0.2, 0.25) is 0 Å². The van der Waals surface area contributed by atoms with E-state index in [0.717, 1.165) is 33.5 Å². The summed E-state index contributed by atoms with van der Waals surface area (Å²) in [5.74, 6) is 0.